The van der Waals surface area contributed by atoms with E-state index in [0.29, 0.717) is 18.9 Å². The first-order valence-corrected chi connectivity index (χ1v) is 9.92. The molecular weight excluding hydrogens is 358 g/mol. The van der Waals surface area contributed by atoms with E-state index in [2.05, 4.69) is 22.5 Å². The zero-order chi connectivity index (χ0) is 19.1. The molecule has 0 aliphatic rings. The van der Waals surface area contributed by atoms with Crippen molar-refractivity contribution < 1.29 is 9.21 Å². The highest BCUT2D eigenvalue weighted by molar-refractivity contribution is 7.99. The number of nitrogens with one attached hydrogen (secondary N) is 2. The van der Waals surface area contributed by atoms with E-state index in [1.807, 2.05) is 55.5 Å². The summed E-state index contributed by atoms with van der Waals surface area (Å²) in [4.78, 5) is 17.7. The Morgan fingerprint density at radius 3 is 2.70 bits per heavy atom. The van der Waals surface area contributed by atoms with E-state index in [1.165, 1.54) is 5.56 Å². The fourth-order valence-electron chi connectivity index (χ4n) is 2.57. The second-order valence-corrected chi connectivity index (χ2v) is 7.38. The predicted octanol–water partition coefficient (Wildman–Crippen LogP) is 5.13. The highest BCUT2D eigenvalue weighted by Crippen LogP contribution is 2.26. The normalized spacial score (nSPS) is 10.6. The van der Waals surface area contributed by atoms with Gasteiger partial charge in [0.1, 0.15) is 6.26 Å². The quantitative estimate of drug-likeness (QED) is 0.557. The lowest BCUT2D eigenvalue weighted by molar-refractivity contribution is 0.252. The lowest BCUT2D eigenvalue weighted by atomic mass is 10.1. The van der Waals surface area contributed by atoms with E-state index >= 15 is 0 Å². The van der Waals surface area contributed by atoms with E-state index in [0.717, 1.165) is 27.6 Å². The summed E-state index contributed by atoms with van der Waals surface area (Å²) in [7, 11) is 0. The Kier molecular flexibility index (Phi) is 6.54. The maximum atomic E-state index is 12.1. The molecule has 1 heterocycles. The van der Waals surface area contributed by atoms with Gasteiger partial charge in [-0.1, -0.05) is 36.8 Å². The number of urea groups is 1. The Bertz CT molecular complexity index is 890. The van der Waals surface area contributed by atoms with Gasteiger partial charge < -0.3 is 15.1 Å². The molecule has 2 aromatic carbocycles. The van der Waals surface area contributed by atoms with Crippen molar-refractivity contribution in [1.82, 2.24) is 10.3 Å². The van der Waals surface area contributed by atoms with E-state index in [-0.39, 0.29) is 6.03 Å². The van der Waals surface area contributed by atoms with Gasteiger partial charge in [0.25, 0.3) is 0 Å². The Hall–Kier alpha value is -2.73. The van der Waals surface area contributed by atoms with Crippen LogP contribution in [0.2, 0.25) is 0 Å². The lowest BCUT2D eigenvalue weighted by Gasteiger charge is -2.10. The molecule has 0 atom stereocenters. The number of aromatic nitrogens is 1. The number of anilines is 1. The van der Waals surface area contributed by atoms with Crippen LogP contribution in [0.1, 0.15) is 18.2 Å². The lowest BCUT2D eigenvalue weighted by Crippen LogP contribution is -2.30. The summed E-state index contributed by atoms with van der Waals surface area (Å²) in [5, 5.41) is 5.77. The molecule has 3 aromatic rings. The van der Waals surface area contributed by atoms with Gasteiger partial charge in [0.2, 0.25) is 5.89 Å². The molecule has 0 fully saturated rings. The summed E-state index contributed by atoms with van der Waals surface area (Å²) in [5.74, 6) is 1.55. The van der Waals surface area contributed by atoms with Crippen molar-refractivity contribution in [2.24, 2.45) is 0 Å². The molecule has 0 aliphatic heterocycles. The molecule has 0 bridgehead atoms. The van der Waals surface area contributed by atoms with Gasteiger partial charge in [-0.2, -0.15) is 0 Å². The third-order valence-corrected chi connectivity index (χ3v) is 4.91. The zero-order valence-electron chi connectivity index (χ0n) is 15.5. The minimum atomic E-state index is -0.221. The molecular formula is C21H23N3O2S. The fourth-order valence-corrected chi connectivity index (χ4v) is 3.33. The van der Waals surface area contributed by atoms with Crippen molar-refractivity contribution in [3.63, 3.8) is 0 Å². The van der Waals surface area contributed by atoms with Gasteiger partial charge in [0.05, 0.1) is 11.4 Å². The van der Waals surface area contributed by atoms with Crippen molar-refractivity contribution in [3.05, 3.63) is 66.1 Å². The van der Waals surface area contributed by atoms with Crippen molar-refractivity contribution in [1.29, 1.82) is 0 Å². The monoisotopic (exact) mass is 381 g/mol. The van der Waals surface area contributed by atoms with Crippen molar-refractivity contribution >= 4 is 23.5 Å². The molecule has 140 valence electrons. The molecule has 2 N–H and O–H groups in total. The molecule has 0 saturated heterocycles. The minimum Gasteiger partial charge on any atom is -0.444 e. The molecule has 3 rings (SSSR count). The number of nitrogens with zero attached hydrogens (tertiary/aromatic N) is 1. The molecule has 0 aliphatic carbocycles. The van der Waals surface area contributed by atoms with E-state index in [9.17, 15) is 4.79 Å². The van der Waals surface area contributed by atoms with Crippen LogP contribution >= 0.6 is 11.8 Å². The molecule has 1 aromatic heterocycles. The van der Waals surface area contributed by atoms with E-state index < -0.39 is 0 Å². The van der Waals surface area contributed by atoms with Crippen LogP contribution in [-0.4, -0.2) is 23.3 Å². The van der Waals surface area contributed by atoms with Crippen LogP contribution in [0.5, 0.6) is 0 Å². The SMILES string of the molecule is CCSc1ccccc1NC(=O)NCCc1coc(-c2ccc(C)cc2)n1. The number of aryl methyl sites for hydroxylation is 1. The largest absolute Gasteiger partial charge is 0.444 e. The number of benzene rings is 2. The number of carbonyl (C=O) groups excluding carboxylic acids is 1. The number of hydrogen-bond acceptors (Lipinski definition) is 4. The molecule has 27 heavy (non-hydrogen) atoms. The summed E-state index contributed by atoms with van der Waals surface area (Å²) >= 11 is 1.70. The molecule has 0 spiro atoms. The van der Waals surface area contributed by atoms with Gasteiger partial charge in [-0.15, -0.1) is 11.8 Å². The van der Waals surface area contributed by atoms with Crippen molar-refractivity contribution in [2.75, 3.05) is 17.6 Å². The number of hydrogen-bond donors (Lipinski definition) is 2. The second-order valence-electron chi connectivity index (χ2n) is 6.07. The molecule has 0 unspecified atom stereocenters. The standard InChI is InChI=1S/C21H23N3O2S/c1-3-27-19-7-5-4-6-18(19)24-21(25)22-13-12-17-14-26-20(23-17)16-10-8-15(2)9-11-16/h4-11,14H,3,12-13H2,1-2H3,(H2,22,24,25). The summed E-state index contributed by atoms with van der Waals surface area (Å²) in [6, 6.07) is 15.6. The average molecular weight is 382 g/mol. The van der Waals surface area contributed by atoms with Crippen LogP contribution in [0.15, 0.2) is 64.1 Å². The van der Waals surface area contributed by atoms with Crippen LogP contribution in [0.4, 0.5) is 10.5 Å². The maximum absolute atomic E-state index is 12.1. The van der Waals surface area contributed by atoms with Gasteiger partial charge in [-0.25, -0.2) is 9.78 Å². The topological polar surface area (TPSA) is 67.2 Å². The maximum Gasteiger partial charge on any atom is 0.319 e. The third kappa shape index (κ3) is 5.37. The Morgan fingerprint density at radius 2 is 1.93 bits per heavy atom. The third-order valence-electron chi connectivity index (χ3n) is 3.95. The van der Waals surface area contributed by atoms with E-state index in [1.54, 1.807) is 18.0 Å². The molecule has 5 nitrogen and oxygen atoms in total. The first kappa shape index (κ1) is 19.0. The fraction of sp³-hybridized carbons (Fsp3) is 0.238. The Labute approximate surface area is 163 Å². The summed E-state index contributed by atoms with van der Waals surface area (Å²) in [5.41, 5.74) is 3.78. The number of carbonyl (C=O) groups is 1. The molecule has 2 amide bonds. The summed E-state index contributed by atoms with van der Waals surface area (Å²) in [6.45, 7) is 4.61. The summed E-state index contributed by atoms with van der Waals surface area (Å²) in [6.07, 6.45) is 2.25. The van der Waals surface area contributed by atoms with Crippen LogP contribution in [0.25, 0.3) is 11.5 Å². The van der Waals surface area contributed by atoms with E-state index in [4.69, 9.17) is 4.42 Å². The molecule has 0 radical (unpaired) electrons. The first-order valence-electron chi connectivity index (χ1n) is 8.94. The number of amides is 2. The second kappa shape index (κ2) is 9.28. The van der Waals surface area contributed by atoms with Gasteiger partial charge in [0.15, 0.2) is 0 Å². The van der Waals surface area contributed by atoms with Gasteiger partial charge >= 0.3 is 6.03 Å². The molecule has 0 saturated carbocycles. The van der Waals surface area contributed by atoms with Crippen molar-refractivity contribution in [2.45, 2.75) is 25.2 Å². The van der Waals surface area contributed by atoms with Gasteiger partial charge in [0, 0.05) is 23.4 Å². The van der Waals surface area contributed by atoms with Crippen LogP contribution in [0.3, 0.4) is 0 Å². The summed E-state index contributed by atoms with van der Waals surface area (Å²) < 4.78 is 5.54. The highest BCUT2D eigenvalue weighted by Gasteiger charge is 2.09. The van der Waals surface area contributed by atoms with Crippen LogP contribution < -0.4 is 10.6 Å². The van der Waals surface area contributed by atoms with Crippen LogP contribution in [0, 0.1) is 6.92 Å². The smallest absolute Gasteiger partial charge is 0.319 e. The van der Waals surface area contributed by atoms with Gasteiger partial charge in [-0.3, -0.25) is 0 Å². The predicted molar refractivity (Wildman–Crippen MR) is 110 cm³/mol. The first-order chi connectivity index (χ1) is 13.2. The highest BCUT2D eigenvalue weighted by atomic mass is 32.2. The number of rotatable bonds is 7. The number of oxazole rings is 1. The Morgan fingerprint density at radius 1 is 1.15 bits per heavy atom. The number of para-hydroxylation sites is 1. The zero-order valence-corrected chi connectivity index (χ0v) is 16.3. The van der Waals surface area contributed by atoms with Crippen molar-refractivity contribution in [3.8, 4) is 11.5 Å². The Balaban J connectivity index is 1.50. The van der Waals surface area contributed by atoms with Crippen LogP contribution in [-0.2, 0) is 6.42 Å². The minimum absolute atomic E-state index is 0.221. The molecule has 6 heteroatoms. The average Bonchev–Trinajstić information content (AvgIpc) is 3.13. The van der Waals surface area contributed by atoms with Gasteiger partial charge in [-0.05, 0) is 36.9 Å². The number of thioether (sulfide) groups is 1.